The van der Waals surface area contributed by atoms with Crippen molar-refractivity contribution < 1.29 is 18.3 Å². The van der Waals surface area contributed by atoms with Gasteiger partial charge in [0, 0.05) is 10.6 Å². The summed E-state index contributed by atoms with van der Waals surface area (Å²) in [6, 6.07) is 9.03. The number of hydrogen-bond donors (Lipinski definition) is 0. The Balaban J connectivity index is 1.97. The standard InChI is InChI=1S/C14H7F2N3O2/c15-9-2-1-3-11-8(9)6-12(20-11)10-7-17-13-4-5-14(21-16)18-19(10)13/h1-7H. The van der Waals surface area contributed by atoms with Crippen molar-refractivity contribution in [1.29, 1.82) is 0 Å². The van der Waals surface area contributed by atoms with Crippen molar-refractivity contribution in [2.24, 2.45) is 0 Å². The molecule has 0 spiro atoms. The van der Waals surface area contributed by atoms with Crippen molar-refractivity contribution in [3.05, 3.63) is 48.4 Å². The Morgan fingerprint density at radius 2 is 2.10 bits per heavy atom. The van der Waals surface area contributed by atoms with Gasteiger partial charge in [0.05, 0.1) is 11.6 Å². The van der Waals surface area contributed by atoms with E-state index >= 15 is 0 Å². The largest absolute Gasteiger partial charge is 0.454 e. The summed E-state index contributed by atoms with van der Waals surface area (Å²) >= 11 is 0. The fourth-order valence-electron chi connectivity index (χ4n) is 2.22. The van der Waals surface area contributed by atoms with Gasteiger partial charge in [-0.15, -0.1) is 5.10 Å². The van der Waals surface area contributed by atoms with Crippen molar-refractivity contribution >= 4 is 16.6 Å². The molecule has 0 fully saturated rings. The van der Waals surface area contributed by atoms with Crippen molar-refractivity contribution in [2.75, 3.05) is 0 Å². The van der Waals surface area contributed by atoms with E-state index in [0.29, 0.717) is 28.1 Å². The SMILES string of the molecule is FOc1ccc2ncc(-c3cc4c(F)cccc4o3)n2n1. The lowest BCUT2D eigenvalue weighted by molar-refractivity contribution is -0.0132. The summed E-state index contributed by atoms with van der Waals surface area (Å²) in [5, 5.41) is 4.29. The normalized spacial score (nSPS) is 11.3. The Bertz CT molecular complexity index is 961. The molecule has 3 aromatic heterocycles. The van der Waals surface area contributed by atoms with Gasteiger partial charge in [0.2, 0.25) is 0 Å². The minimum Gasteiger partial charge on any atom is -0.454 e. The van der Waals surface area contributed by atoms with Gasteiger partial charge in [-0.2, -0.15) is 0 Å². The number of imidazole rings is 1. The average molecular weight is 287 g/mol. The highest BCUT2D eigenvalue weighted by Crippen LogP contribution is 2.29. The molecule has 0 N–H and O–H groups in total. The molecule has 0 radical (unpaired) electrons. The van der Waals surface area contributed by atoms with Crippen LogP contribution < -0.4 is 4.94 Å². The number of fused-ring (bicyclic) bond motifs is 2. The van der Waals surface area contributed by atoms with Crippen LogP contribution in [-0.2, 0) is 0 Å². The van der Waals surface area contributed by atoms with Crippen molar-refractivity contribution in [3.8, 4) is 17.3 Å². The van der Waals surface area contributed by atoms with Crippen molar-refractivity contribution in [2.45, 2.75) is 0 Å². The summed E-state index contributed by atoms with van der Waals surface area (Å²) in [7, 11) is 0. The second-order valence-electron chi connectivity index (χ2n) is 4.42. The number of hydrogen-bond acceptors (Lipinski definition) is 4. The van der Waals surface area contributed by atoms with Crippen LogP contribution in [0, 0.1) is 5.82 Å². The first kappa shape index (κ1) is 11.8. The van der Waals surface area contributed by atoms with Gasteiger partial charge in [-0.25, -0.2) is 13.9 Å². The van der Waals surface area contributed by atoms with E-state index < -0.39 is 0 Å². The minimum absolute atomic E-state index is 0.205. The Morgan fingerprint density at radius 3 is 2.90 bits per heavy atom. The maximum Gasteiger partial charge on any atom is 0.280 e. The first-order valence-corrected chi connectivity index (χ1v) is 6.08. The van der Waals surface area contributed by atoms with Crippen LogP contribution in [0.25, 0.3) is 28.1 Å². The van der Waals surface area contributed by atoms with Gasteiger partial charge < -0.3 is 4.42 Å². The van der Waals surface area contributed by atoms with Crippen LogP contribution in [0.1, 0.15) is 0 Å². The highest BCUT2D eigenvalue weighted by atomic mass is 19.3. The highest BCUT2D eigenvalue weighted by Gasteiger charge is 2.14. The van der Waals surface area contributed by atoms with Crippen LogP contribution in [0.2, 0.25) is 0 Å². The molecule has 0 aliphatic heterocycles. The molecule has 21 heavy (non-hydrogen) atoms. The molecule has 1 aromatic carbocycles. The van der Waals surface area contributed by atoms with E-state index in [0.717, 1.165) is 0 Å². The zero-order valence-corrected chi connectivity index (χ0v) is 10.5. The van der Waals surface area contributed by atoms with Crippen LogP contribution in [0.3, 0.4) is 0 Å². The number of nitrogens with zero attached hydrogens (tertiary/aromatic N) is 3. The molecule has 0 amide bonds. The van der Waals surface area contributed by atoms with Crippen molar-refractivity contribution in [1.82, 2.24) is 14.6 Å². The van der Waals surface area contributed by atoms with Gasteiger partial charge in [0.15, 0.2) is 11.4 Å². The maximum atomic E-state index is 13.7. The monoisotopic (exact) mass is 287 g/mol. The lowest BCUT2D eigenvalue weighted by Crippen LogP contribution is -1.95. The molecule has 0 bridgehead atoms. The van der Waals surface area contributed by atoms with Crippen LogP contribution >= 0.6 is 0 Å². The van der Waals surface area contributed by atoms with Crippen molar-refractivity contribution in [3.63, 3.8) is 0 Å². The number of furan rings is 1. The molecule has 7 heteroatoms. The van der Waals surface area contributed by atoms with E-state index in [1.54, 1.807) is 24.3 Å². The second-order valence-corrected chi connectivity index (χ2v) is 4.42. The number of benzene rings is 1. The molecule has 5 nitrogen and oxygen atoms in total. The van der Waals surface area contributed by atoms with Crippen LogP contribution in [0.4, 0.5) is 8.92 Å². The lowest BCUT2D eigenvalue weighted by atomic mass is 10.2. The molecule has 4 aromatic rings. The summed E-state index contributed by atoms with van der Waals surface area (Å²) < 4.78 is 32.9. The lowest BCUT2D eigenvalue weighted by Gasteiger charge is -1.98. The maximum absolute atomic E-state index is 13.7. The zero-order chi connectivity index (χ0) is 14.4. The van der Waals surface area contributed by atoms with E-state index in [1.165, 1.54) is 22.8 Å². The molecule has 0 aliphatic rings. The topological polar surface area (TPSA) is 52.6 Å². The molecule has 0 aliphatic carbocycles. The van der Waals surface area contributed by atoms with E-state index in [1.807, 2.05) is 0 Å². The Labute approximate surface area is 116 Å². The van der Waals surface area contributed by atoms with Gasteiger partial charge in [0.1, 0.15) is 17.1 Å². The smallest absolute Gasteiger partial charge is 0.280 e. The van der Waals surface area contributed by atoms with Gasteiger partial charge >= 0.3 is 0 Å². The highest BCUT2D eigenvalue weighted by molar-refractivity contribution is 5.83. The average Bonchev–Trinajstić information content (AvgIpc) is 3.10. The zero-order valence-electron chi connectivity index (χ0n) is 10.5. The third-order valence-electron chi connectivity index (χ3n) is 3.18. The molecule has 0 saturated carbocycles. The fraction of sp³-hybridized carbons (Fsp3) is 0. The Hall–Kier alpha value is -2.96. The third kappa shape index (κ3) is 1.74. The summed E-state index contributed by atoms with van der Waals surface area (Å²) in [5.41, 5.74) is 1.38. The van der Waals surface area contributed by atoms with E-state index in [2.05, 4.69) is 15.0 Å². The molecular weight excluding hydrogens is 280 g/mol. The molecule has 0 unspecified atom stereocenters. The number of rotatable bonds is 2. The van der Waals surface area contributed by atoms with E-state index in [9.17, 15) is 8.92 Å². The summed E-state index contributed by atoms with van der Waals surface area (Å²) in [4.78, 5) is 7.74. The molecule has 0 atom stereocenters. The van der Waals surface area contributed by atoms with Crippen LogP contribution in [0.5, 0.6) is 5.88 Å². The van der Waals surface area contributed by atoms with Crippen LogP contribution in [-0.4, -0.2) is 14.6 Å². The third-order valence-corrected chi connectivity index (χ3v) is 3.18. The molecule has 3 heterocycles. The quantitative estimate of drug-likeness (QED) is 0.566. The van der Waals surface area contributed by atoms with Gasteiger partial charge in [0.25, 0.3) is 5.88 Å². The predicted octanol–water partition coefficient (Wildman–Crippen LogP) is 3.54. The summed E-state index contributed by atoms with van der Waals surface area (Å²) in [6.45, 7) is 0. The van der Waals surface area contributed by atoms with Gasteiger partial charge in [-0.05, 0) is 24.3 Å². The molecule has 0 saturated heterocycles. The second kappa shape index (κ2) is 4.27. The van der Waals surface area contributed by atoms with Crippen LogP contribution in [0.15, 0.2) is 47.0 Å². The summed E-state index contributed by atoms with van der Waals surface area (Å²) in [6.07, 6.45) is 1.51. The summed E-state index contributed by atoms with van der Waals surface area (Å²) in [5.74, 6) is -0.202. The number of halogens is 2. The van der Waals surface area contributed by atoms with E-state index in [-0.39, 0.29) is 11.7 Å². The molecule has 104 valence electrons. The minimum atomic E-state index is -0.378. The molecule has 4 rings (SSSR count). The van der Waals surface area contributed by atoms with Gasteiger partial charge in [-0.3, -0.25) is 4.94 Å². The number of aromatic nitrogens is 3. The van der Waals surface area contributed by atoms with E-state index in [4.69, 9.17) is 4.42 Å². The Kier molecular flexibility index (Phi) is 2.41. The molecular formula is C14H7F2N3O2. The predicted molar refractivity (Wildman–Crippen MR) is 69.9 cm³/mol. The first-order chi connectivity index (χ1) is 10.3. The Morgan fingerprint density at radius 1 is 1.19 bits per heavy atom. The fourth-order valence-corrected chi connectivity index (χ4v) is 2.22. The first-order valence-electron chi connectivity index (χ1n) is 6.08. The van der Waals surface area contributed by atoms with Gasteiger partial charge in [-0.1, -0.05) is 6.07 Å².